The normalized spacial score (nSPS) is 11.3. The summed E-state index contributed by atoms with van der Waals surface area (Å²) in [6.07, 6.45) is 2.18. The van der Waals surface area contributed by atoms with Crippen molar-refractivity contribution in [3.05, 3.63) is 19.6 Å². The number of rotatable bonds is 2. The van der Waals surface area contributed by atoms with Crippen LogP contribution in [-0.2, 0) is 0 Å². The van der Waals surface area contributed by atoms with Crippen LogP contribution in [0.4, 0.5) is 0 Å². The van der Waals surface area contributed by atoms with Gasteiger partial charge in [0.1, 0.15) is 0 Å². The minimum absolute atomic E-state index is 0.440. The second-order valence-corrected chi connectivity index (χ2v) is 1.16. The van der Waals surface area contributed by atoms with Gasteiger partial charge in [0.15, 0.2) is 0 Å². The van der Waals surface area contributed by atoms with Crippen LogP contribution in [0.2, 0.25) is 0 Å². The van der Waals surface area contributed by atoms with Crippen LogP contribution < -0.4 is 0 Å². The Hall–Kier alpha value is -0.790. The Morgan fingerprint density at radius 2 is 2.43 bits per heavy atom. The molecule has 1 N–H and O–H groups in total. The Bertz CT molecular complexity index is 86.1. The van der Waals surface area contributed by atoms with E-state index in [1.165, 1.54) is 0 Å². The number of oxime groups is 1. The van der Waals surface area contributed by atoms with E-state index in [-0.39, 0.29) is 0 Å². The maximum absolute atomic E-state index is 7.94. The van der Waals surface area contributed by atoms with Gasteiger partial charge < -0.3 is 5.21 Å². The summed E-state index contributed by atoms with van der Waals surface area (Å²) in [4.78, 5) is 0. The van der Waals surface area contributed by atoms with E-state index in [2.05, 4.69) is 18.7 Å². The Labute approximate surface area is 43.2 Å². The predicted molar refractivity (Wildman–Crippen MR) is 29.4 cm³/mol. The van der Waals surface area contributed by atoms with Gasteiger partial charge in [-0.25, -0.2) is 0 Å². The molecule has 0 atom stereocenters. The molecule has 7 heavy (non-hydrogen) atoms. The molecule has 0 aromatic rings. The molecule has 0 amide bonds. The lowest BCUT2D eigenvalue weighted by Gasteiger charge is -1.83. The van der Waals surface area contributed by atoms with E-state index in [1.54, 1.807) is 6.08 Å². The molecule has 0 bridgehead atoms. The minimum atomic E-state index is 0.440. The minimum Gasteiger partial charge on any atom is -0.411 e. The lowest BCUT2D eigenvalue weighted by atomic mass is 10.3. The molecule has 0 aliphatic carbocycles. The quantitative estimate of drug-likeness (QED) is 0.239. The summed E-state index contributed by atoms with van der Waals surface area (Å²) in [6, 6.07) is 0. The molecule has 0 heterocycles. The van der Waals surface area contributed by atoms with Crippen LogP contribution in [0.3, 0.4) is 0 Å². The Morgan fingerprint density at radius 1 is 1.86 bits per heavy atom. The highest BCUT2D eigenvalue weighted by molar-refractivity contribution is 5.88. The van der Waals surface area contributed by atoms with Gasteiger partial charge in [0.25, 0.3) is 0 Å². The van der Waals surface area contributed by atoms with Crippen molar-refractivity contribution in [2.45, 2.75) is 6.42 Å². The second-order valence-electron chi connectivity index (χ2n) is 1.16. The van der Waals surface area contributed by atoms with E-state index in [0.29, 0.717) is 12.1 Å². The van der Waals surface area contributed by atoms with Crippen molar-refractivity contribution in [3.8, 4) is 0 Å². The first kappa shape index (κ1) is 6.21. The maximum Gasteiger partial charge on any atom is 0.0612 e. The van der Waals surface area contributed by atoms with Gasteiger partial charge in [-0.15, -0.1) is 6.58 Å². The third-order valence-corrected chi connectivity index (χ3v) is 0.521. The molecule has 0 aliphatic heterocycles. The monoisotopic (exact) mass is 98.1 g/mol. The van der Waals surface area contributed by atoms with Gasteiger partial charge in [-0.05, 0) is 6.92 Å². The zero-order valence-electron chi connectivity index (χ0n) is 4.09. The van der Waals surface area contributed by atoms with Crippen molar-refractivity contribution in [2.75, 3.05) is 0 Å². The lowest BCUT2D eigenvalue weighted by molar-refractivity contribution is 0.318. The Balaban J connectivity index is 3.36. The SMILES string of the molecule is [CH2]C(CC=C)=NO. The summed E-state index contributed by atoms with van der Waals surface area (Å²) < 4.78 is 0. The van der Waals surface area contributed by atoms with Crippen LogP contribution in [-0.4, -0.2) is 10.9 Å². The molecule has 0 unspecified atom stereocenters. The van der Waals surface area contributed by atoms with Gasteiger partial charge >= 0.3 is 0 Å². The highest BCUT2D eigenvalue weighted by atomic mass is 16.4. The smallest absolute Gasteiger partial charge is 0.0612 e. The topological polar surface area (TPSA) is 32.6 Å². The summed E-state index contributed by atoms with van der Waals surface area (Å²) in [5.41, 5.74) is 0.440. The Kier molecular flexibility index (Phi) is 3.02. The molecule has 0 spiro atoms. The fourth-order valence-corrected chi connectivity index (χ4v) is 0.207. The molecule has 0 rings (SSSR count). The fourth-order valence-electron chi connectivity index (χ4n) is 0.207. The predicted octanol–water partition coefficient (Wildman–Crippen LogP) is 1.23. The molecule has 0 saturated heterocycles. The van der Waals surface area contributed by atoms with Gasteiger partial charge in [0.2, 0.25) is 0 Å². The highest BCUT2D eigenvalue weighted by Crippen LogP contribution is 1.81. The van der Waals surface area contributed by atoms with Crippen LogP contribution in [0.1, 0.15) is 6.42 Å². The number of hydrogen-bond donors (Lipinski definition) is 1. The zero-order valence-corrected chi connectivity index (χ0v) is 4.09. The van der Waals surface area contributed by atoms with E-state index in [0.717, 1.165) is 0 Å². The van der Waals surface area contributed by atoms with Gasteiger partial charge in [-0.3, -0.25) is 0 Å². The highest BCUT2D eigenvalue weighted by Gasteiger charge is 1.81. The molecular weight excluding hydrogens is 90.1 g/mol. The fraction of sp³-hybridized carbons (Fsp3) is 0.200. The average Bonchev–Trinajstić information content (AvgIpc) is 1.68. The third-order valence-electron chi connectivity index (χ3n) is 0.521. The second kappa shape index (κ2) is 3.40. The van der Waals surface area contributed by atoms with Crippen LogP contribution in [0.15, 0.2) is 17.8 Å². The van der Waals surface area contributed by atoms with Crippen molar-refractivity contribution in [2.24, 2.45) is 5.16 Å². The van der Waals surface area contributed by atoms with Gasteiger partial charge in [-0.2, -0.15) is 0 Å². The number of allylic oxidation sites excluding steroid dienone is 1. The van der Waals surface area contributed by atoms with Crippen LogP contribution >= 0.6 is 0 Å². The van der Waals surface area contributed by atoms with Crippen LogP contribution in [0, 0.1) is 6.92 Å². The van der Waals surface area contributed by atoms with Crippen LogP contribution in [0.5, 0.6) is 0 Å². The molecule has 2 nitrogen and oxygen atoms in total. The Morgan fingerprint density at radius 3 is 2.57 bits per heavy atom. The molecule has 39 valence electrons. The van der Waals surface area contributed by atoms with E-state index in [1.807, 2.05) is 0 Å². The van der Waals surface area contributed by atoms with Crippen molar-refractivity contribution in [1.29, 1.82) is 0 Å². The van der Waals surface area contributed by atoms with E-state index >= 15 is 0 Å². The molecule has 0 aromatic heterocycles. The molecule has 0 aromatic carbocycles. The van der Waals surface area contributed by atoms with Crippen molar-refractivity contribution >= 4 is 5.71 Å². The third kappa shape index (κ3) is 3.03. The summed E-state index contributed by atoms with van der Waals surface area (Å²) in [5, 5.41) is 10.8. The summed E-state index contributed by atoms with van der Waals surface area (Å²) in [6.45, 7) is 6.79. The molecule has 0 fully saturated rings. The molecule has 0 aliphatic rings. The van der Waals surface area contributed by atoms with Gasteiger partial charge in [0.05, 0.1) is 5.71 Å². The number of nitrogens with zero attached hydrogens (tertiary/aromatic N) is 1. The van der Waals surface area contributed by atoms with Crippen molar-refractivity contribution < 1.29 is 5.21 Å². The molecule has 0 saturated carbocycles. The molecule has 2 heteroatoms. The lowest BCUT2D eigenvalue weighted by Crippen LogP contribution is -1.85. The van der Waals surface area contributed by atoms with Gasteiger partial charge in [-0.1, -0.05) is 11.2 Å². The van der Waals surface area contributed by atoms with E-state index in [9.17, 15) is 0 Å². The van der Waals surface area contributed by atoms with Crippen LogP contribution in [0.25, 0.3) is 0 Å². The number of hydrogen-bond acceptors (Lipinski definition) is 2. The van der Waals surface area contributed by atoms with E-state index in [4.69, 9.17) is 5.21 Å². The van der Waals surface area contributed by atoms with Crippen molar-refractivity contribution in [1.82, 2.24) is 0 Å². The summed E-state index contributed by atoms with van der Waals surface area (Å²) in [5.74, 6) is 0. The molecular formula is C5H8NO. The van der Waals surface area contributed by atoms with E-state index < -0.39 is 0 Å². The summed E-state index contributed by atoms with van der Waals surface area (Å²) in [7, 11) is 0. The first-order valence-electron chi connectivity index (χ1n) is 1.95. The first-order chi connectivity index (χ1) is 3.31. The summed E-state index contributed by atoms with van der Waals surface area (Å²) >= 11 is 0. The van der Waals surface area contributed by atoms with Crippen molar-refractivity contribution in [3.63, 3.8) is 0 Å². The molecule has 1 radical (unpaired) electrons. The largest absolute Gasteiger partial charge is 0.411 e. The van der Waals surface area contributed by atoms with Gasteiger partial charge in [0, 0.05) is 6.42 Å². The maximum atomic E-state index is 7.94. The zero-order chi connectivity index (χ0) is 5.70. The standard InChI is InChI=1S/C5H8NO/c1-3-4-5(2)6-7/h3,7H,1-2,4H2. The average molecular weight is 98.1 g/mol. The first-order valence-corrected chi connectivity index (χ1v) is 1.95.